The van der Waals surface area contributed by atoms with Crippen LogP contribution in [-0.2, 0) is 16.2 Å². The first kappa shape index (κ1) is 29.6. The summed E-state index contributed by atoms with van der Waals surface area (Å²) in [6.45, 7) is 9.72. The van der Waals surface area contributed by atoms with Gasteiger partial charge in [-0.25, -0.2) is 0 Å². The number of para-hydroxylation sites is 2. The lowest BCUT2D eigenvalue weighted by atomic mass is 9.56. The van der Waals surface area contributed by atoms with E-state index < -0.39 is 0 Å². The Kier molecular flexibility index (Phi) is 6.26. The lowest BCUT2D eigenvalue weighted by Crippen LogP contribution is -2.44. The quantitative estimate of drug-likeness (QED) is 0.194. The summed E-state index contributed by atoms with van der Waals surface area (Å²) >= 11 is 0. The fourth-order valence-electron chi connectivity index (χ4n) is 11.5. The number of benzene rings is 5. The smallest absolute Gasteiger partial charge is 0.139 e. The molecular weight excluding hydrogens is 595 g/mol. The zero-order valence-corrected chi connectivity index (χ0v) is 29.4. The molecular formula is C47H47NO. The van der Waals surface area contributed by atoms with Crippen LogP contribution in [0.4, 0.5) is 17.1 Å². The van der Waals surface area contributed by atoms with E-state index in [1.54, 1.807) is 0 Å². The summed E-state index contributed by atoms with van der Waals surface area (Å²) in [6, 6.07) is 43.4. The lowest BCUT2D eigenvalue weighted by molar-refractivity contribution is 0.173. The summed E-state index contributed by atoms with van der Waals surface area (Å²) in [5.74, 6) is 5.15. The van der Waals surface area contributed by atoms with Crippen molar-refractivity contribution in [3.05, 3.63) is 138 Å². The number of rotatable bonds is 4. The Morgan fingerprint density at radius 2 is 1.27 bits per heavy atom. The van der Waals surface area contributed by atoms with Gasteiger partial charge in [-0.2, -0.15) is 0 Å². The van der Waals surface area contributed by atoms with E-state index in [4.69, 9.17) is 4.74 Å². The zero-order chi connectivity index (χ0) is 33.1. The van der Waals surface area contributed by atoms with Crippen molar-refractivity contribution in [1.29, 1.82) is 0 Å². The maximum absolute atomic E-state index is 7.12. The molecule has 4 bridgehead atoms. The van der Waals surface area contributed by atoms with Gasteiger partial charge in [0.1, 0.15) is 11.5 Å². The Balaban J connectivity index is 1.26. The van der Waals surface area contributed by atoms with E-state index in [9.17, 15) is 0 Å². The number of ether oxygens (including phenoxy) is 1. The topological polar surface area (TPSA) is 12.5 Å². The summed E-state index contributed by atoms with van der Waals surface area (Å²) in [4.78, 5) is 2.53. The predicted molar refractivity (Wildman–Crippen MR) is 202 cm³/mol. The second-order valence-corrected chi connectivity index (χ2v) is 17.2. The van der Waals surface area contributed by atoms with Crippen molar-refractivity contribution in [2.45, 2.75) is 82.5 Å². The van der Waals surface area contributed by atoms with Gasteiger partial charge >= 0.3 is 0 Å². The Morgan fingerprint density at radius 3 is 2.04 bits per heavy atom. The molecule has 2 heteroatoms. The van der Waals surface area contributed by atoms with Gasteiger partial charge in [0, 0.05) is 39.2 Å². The Hall–Kier alpha value is -4.30. The Labute approximate surface area is 292 Å². The summed E-state index contributed by atoms with van der Waals surface area (Å²) in [6.07, 6.45) is 7.85. The van der Waals surface area contributed by atoms with Gasteiger partial charge in [0.25, 0.3) is 0 Å². The monoisotopic (exact) mass is 641 g/mol. The molecule has 5 atom stereocenters. The predicted octanol–water partition coefficient (Wildman–Crippen LogP) is 12.6. The number of nitrogens with zero attached hydrogens (tertiary/aromatic N) is 1. The lowest BCUT2D eigenvalue weighted by Gasteiger charge is -2.49. The number of hydrogen-bond donors (Lipinski definition) is 0. The molecule has 49 heavy (non-hydrogen) atoms. The van der Waals surface area contributed by atoms with Gasteiger partial charge in [0.2, 0.25) is 0 Å². The van der Waals surface area contributed by atoms with E-state index >= 15 is 0 Å². The van der Waals surface area contributed by atoms with Crippen molar-refractivity contribution in [2.75, 3.05) is 4.90 Å². The molecule has 4 fully saturated rings. The normalized spacial score (nSPS) is 27.7. The average Bonchev–Trinajstić information content (AvgIpc) is 3.53. The minimum absolute atomic E-state index is 0.0222. The van der Waals surface area contributed by atoms with Gasteiger partial charge in [-0.3, -0.25) is 0 Å². The van der Waals surface area contributed by atoms with Crippen LogP contribution in [0.1, 0.15) is 88.5 Å². The van der Waals surface area contributed by atoms with E-state index in [0.29, 0.717) is 11.8 Å². The summed E-state index contributed by atoms with van der Waals surface area (Å²) in [5, 5.41) is 0. The molecule has 0 N–H and O–H groups in total. The number of hydrogen-bond acceptors (Lipinski definition) is 2. The van der Waals surface area contributed by atoms with Crippen molar-refractivity contribution in [2.24, 2.45) is 23.7 Å². The van der Waals surface area contributed by atoms with Crippen molar-refractivity contribution in [1.82, 2.24) is 0 Å². The first-order chi connectivity index (χ1) is 23.7. The van der Waals surface area contributed by atoms with Crippen LogP contribution >= 0.6 is 0 Å². The van der Waals surface area contributed by atoms with E-state index in [-0.39, 0.29) is 16.2 Å². The van der Waals surface area contributed by atoms with Gasteiger partial charge in [0.05, 0.1) is 0 Å². The standard InChI is InChI=1S/C47H47NO/c1-45(2)21-22-46(3,4)41-28-35(19-20-38(41)45)48(34-15-9-6-10-16-34)36-27-37(31-13-7-5-8-14-31)44-42(29-36)47(39-17-11-12-18-43(39)49-44)33-24-30-23-32(26-33)40(47)25-30/h5-20,27-30,32-33,40H,21-26H2,1-4H3. The van der Waals surface area contributed by atoms with E-state index in [2.05, 4.69) is 148 Å². The van der Waals surface area contributed by atoms with Crippen LogP contribution in [0.2, 0.25) is 0 Å². The van der Waals surface area contributed by atoms with Crippen LogP contribution in [0.5, 0.6) is 11.5 Å². The molecule has 0 amide bonds. The van der Waals surface area contributed by atoms with Crippen LogP contribution < -0.4 is 9.64 Å². The molecule has 4 saturated carbocycles. The molecule has 1 aliphatic heterocycles. The van der Waals surface area contributed by atoms with Crippen LogP contribution in [-0.4, -0.2) is 0 Å². The molecule has 246 valence electrons. The summed E-state index contributed by atoms with van der Waals surface area (Å²) < 4.78 is 7.12. The fraction of sp³-hybridized carbons (Fsp3) is 0.362. The molecule has 5 aromatic rings. The van der Waals surface area contributed by atoms with Crippen molar-refractivity contribution in [3.63, 3.8) is 0 Å². The highest BCUT2D eigenvalue weighted by Crippen LogP contribution is 2.73. The van der Waals surface area contributed by atoms with E-state index in [1.807, 2.05) is 0 Å². The molecule has 6 aliphatic rings. The summed E-state index contributed by atoms with van der Waals surface area (Å²) in [5.41, 5.74) is 12.2. The van der Waals surface area contributed by atoms with Crippen LogP contribution in [0, 0.1) is 23.7 Å². The molecule has 0 saturated heterocycles. The minimum atomic E-state index is -0.0222. The van der Waals surface area contributed by atoms with Crippen molar-refractivity contribution in [3.8, 4) is 22.6 Å². The third-order valence-electron chi connectivity index (χ3n) is 13.7. The second kappa shape index (κ2) is 10.4. The van der Waals surface area contributed by atoms with Gasteiger partial charge in [-0.05, 0) is 132 Å². The Bertz CT molecular complexity index is 2090. The van der Waals surface area contributed by atoms with E-state index in [1.165, 1.54) is 89.0 Å². The molecule has 0 radical (unpaired) electrons. The summed E-state index contributed by atoms with van der Waals surface area (Å²) in [7, 11) is 0. The largest absolute Gasteiger partial charge is 0.456 e. The van der Waals surface area contributed by atoms with Crippen molar-refractivity contribution >= 4 is 17.1 Å². The molecule has 5 aromatic carbocycles. The van der Waals surface area contributed by atoms with Crippen LogP contribution in [0.15, 0.2) is 115 Å². The molecule has 5 aliphatic carbocycles. The minimum Gasteiger partial charge on any atom is -0.456 e. The Morgan fingerprint density at radius 1 is 0.571 bits per heavy atom. The molecule has 1 spiro atoms. The number of fused-ring (bicyclic) bond motifs is 3. The third-order valence-corrected chi connectivity index (χ3v) is 13.7. The first-order valence-corrected chi connectivity index (χ1v) is 18.8. The van der Waals surface area contributed by atoms with Gasteiger partial charge in [-0.15, -0.1) is 0 Å². The maximum Gasteiger partial charge on any atom is 0.139 e. The van der Waals surface area contributed by atoms with Crippen LogP contribution in [0.25, 0.3) is 11.1 Å². The van der Waals surface area contributed by atoms with Gasteiger partial charge in [-0.1, -0.05) is 100 Å². The number of anilines is 3. The second-order valence-electron chi connectivity index (χ2n) is 17.2. The SMILES string of the molecule is CC1(C)CCC(C)(C)c2cc(N(c3ccccc3)c3cc(-c4ccccc4)c4c(c3)C3(c5ccccc5O4)C4CC5CC(C4)C3C5)ccc21. The molecule has 1 heterocycles. The molecule has 5 unspecified atom stereocenters. The fourth-order valence-corrected chi connectivity index (χ4v) is 11.5. The highest BCUT2D eigenvalue weighted by Gasteiger charge is 2.66. The van der Waals surface area contributed by atoms with Crippen LogP contribution in [0.3, 0.4) is 0 Å². The molecule has 0 aromatic heterocycles. The maximum atomic E-state index is 7.12. The first-order valence-electron chi connectivity index (χ1n) is 18.8. The van der Waals surface area contributed by atoms with Crippen molar-refractivity contribution < 1.29 is 4.74 Å². The average molecular weight is 642 g/mol. The molecule has 2 nitrogen and oxygen atoms in total. The zero-order valence-electron chi connectivity index (χ0n) is 29.4. The van der Waals surface area contributed by atoms with Gasteiger partial charge < -0.3 is 9.64 Å². The highest BCUT2D eigenvalue weighted by atomic mass is 16.5. The molecule has 11 rings (SSSR count). The van der Waals surface area contributed by atoms with E-state index in [0.717, 1.165) is 23.3 Å². The van der Waals surface area contributed by atoms with Gasteiger partial charge in [0.15, 0.2) is 0 Å². The highest BCUT2D eigenvalue weighted by molar-refractivity contribution is 5.86. The third kappa shape index (κ3) is 4.19.